The van der Waals surface area contributed by atoms with Gasteiger partial charge in [0.2, 0.25) is 0 Å². The van der Waals surface area contributed by atoms with Gasteiger partial charge in [0, 0.05) is 11.6 Å². The highest BCUT2D eigenvalue weighted by atomic mass is 32.2. The Hall–Kier alpha value is -0.620. The van der Waals surface area contributed by atoms with Crippen molar-refractivity contribution in [1.82, 2.24) is 5.32 Å². The molecule has 6 heteroatoms. The smallest absolute Gasteiger partial charge is 0.306 e. The first-order valence-electron chi connectivity index (χ1n) is 6.51. The number of hydrogen-bond acceptors (Lipinski definition) is 4. The molecular formula is C12H21NO4S. The number of sulfone groups is 1. The van der Waals surface area contributed by atoms with Crippen LogP contribution in [-0.2, 0) is 14.6 Å². The van der Waals surface area contributed by atoms with Crippen LogP contribution >= 0.6 is 0 Å². The van der Waals surface area contributed by atoms with Gasteiger partial charge in [-0.05, 0) is 32.6 Å². The normalized spacial score (nSPS) is 39.6. The molecular weight excluding hydrogens is 254 g/mol. The first kappa shape index (κ1) is 13.8. The number of carboxylic acids is 1. The Morgan fingerprint density at radius 1 is 1.39 bits per heavy atom. The largest absolute Gasteiger partial charge is 0.481 e. The first-order valence-corrected chi connectivity index (χ1v) is 8.33. The van der Waals surface area contributed by atoms with Gasteiger partial charge in [0.05, 0.1) is 17.4 Å². The third-order valence-corrected chi connectivity index (χ3v) is 5.98. The van der Waals surface area contributed by atoms with Crippen molar-refractivity contribution in [3.8, 4) is 0 Å². The summed E-state index contributed by atoms with van der Waals surface area (Å²) in [4.78, 5) is 11.0. The van der Waals surface area contributed by atoms with E-state index in [0.717, 1.165) is 19.3 Å². The number of carboxylic acid groups (broad SMARTS) is 1. The first-order chi connectivity index (χ1) is 8.30. The van der Waals surface area contributed by atoms with Gasteiger partial charge >= 0.3 is 5.97 Å². The van der Waals surface area contributed by atoms with Crippen LogP contribution < -0.4 is 5.32 Å². The molecule has 0 bridgehead atoms. The second-order valence-electron chi connectivity index (χ2n) is 5.95. The molecule has 0 radical (unpaired) electrons. The molecule has 3 unspecified atom stereocenters. The summed E-state index contributed by atoms with van der Waals surface area (Å²) in [7, 11) is -2.91. The van der Waals surface area contributed by atoms with Crippen molar-refractivity contribution < 1.29 is 18.3 Å². The summed E-state index contributed by atoms with van der Waals surface area (Å²) in [6.07, 6.45) is 3.83. The fourth-order valence-corrected chi connectivity index (χ4v) is 5.27. The Balaban J connectivity index is 1.95. The van der Waals surface area contributed by atoms with Crippen LogP contribution in [0.2, 0.25) is 0 Å². The van der Waals surface area contributed by atoms with Gasteiger partial charge < -0.3 is 10.4 Å². The van der Waals surface area contributed by atoms with Crippen molar-refractivity contribution >= 4 is 15.8 Å². The lowest BCUT2D eigenvalue weighted by Gasteiger charge is -2.34. The summed E-state index contributed by atoms with van der Waals surface area (Å²) in [5, 5.41) is 12.4. The van der Waals surface area contributed by atoms with Gasteiger partial charge in [-0.15, -0.1) is 0 Å². The highest BCUT2D eigenvalue weighted by Gasteiger charge is 2.40. The summed E-state index contributed by atoms with van der Waals surface area (Å²) < 4.78 is 23.1. The molecule has 2 rings (SSSR count). The van der Waals surface area contributed by atoms with Crippen molar-refractivity contribution in [2.45, 2.75) is 50.6 Å². The van der Waals surface area contributed by atoms with Crippen LogP contribution in [0.15, 0.2) is 0 Å². The summed E-state index contributed by atoms with van der Waals surface area (Å²) in [6.45, 7) is 1.93. The highest BCUT2D eigenvalue weighted by Crippen LogP contribution is 2.29. The van der Waals surface area contributed by atoms with Crippen molar-refractivity contribution in [2.24, 2.45) is 5.92 Å². The lowest BCUT2D eigenvalue weighted by Crippen LogP contribution is -2.51. The van der Waals surface area contributed by atoms with E-state index in [0.29, 0.717) is 12.8 Å². The van der Waals surface area contributed by atoms with Gasteiger partial charge in [-0.25, -0.2) is 8.42 Å². The van der Waals surface area contributed by atoms with Crippen molar-refractivity contribution in [2.75, 3.05) is 11.5 Å². The summed E-state index contributed by atoms with van der Waals surface area (Å²) in [6, 6.07) is 0.137. The number of nitrogens with one attached hydrogen (secondary N) is 1. The maximum Gasteiger partial charge on any atom is 0.306 e. The fourth-order valence-electron chi connectivity index (χ4n) is 3.16. The molecule has 1 saturated carbocycles. The van der Waals surface area contributed by atoms with Crippen LogP contribution in [-0.4, -0.2) is 42.6 Å². The molecule has 2 aliphatic rings. The van der Waals surface area contributed by atoms with Gasteiger partial charge in [-0.1, -0.05) is 6.42 Å². The topological polar surface area (TPSA) is 83.5 Å². The third kappa shape index (κ3) is 3.23. The molecule has 1 aliphatic carbocycles. The van der Waals surface area contributed by atoms with E-state index in [1.54, 1.807) is 0 Å². The third-order valence-electron chi connectivity index (χ3n) is 4.08. The van der Waals surface area contributed by atoms with Crippen LogP contribution in [0.3, 0.4) is 0 Å². The number of hydrogen-bond donors (Lipinski definition) is 2. The molecule has 0 aromatic rings. The Kier molecular flexibility index (Phi) is 3.69. The van der Waals surface area contributed by atoms with E-state index in [9.17, 15) is 13.2 Å². The van der Waals surface area contributed by atoms with Crippen LogP contribution in [0.4, 0.5) is 0 Å². The maximum atomic E-state index is 11.5. The predicted molar refractivity (Wildman–Crippen MR) is 68.2 cm³/mol. The van der Waals surface area contributed by atoms with Crippen LogP contribution in [0.5, 0.6) is 0 Å². The molecule has 18 heavy (non-hydrogen) atoms. The van der Waals surface area contributed by atoms with Crippen molar-refractivity contribution in [3.63, 3.8) is 0 Å². The highest BCUT2D eigenvalue weighted by molar-refractivity contribution is 7.91. The minimum absolute atomic E-state index is 0.137. The molecule has 2 fully saturated rings. The standard InChI is InChI=1S/C12H21NO4S/c1-12(5-6-18(16,17)8-12)13-10-4-2-3-9(7-10)11(14)15/h9-10,13H,2-8H2,1H3,(H,14,15). The zero-order chi connectivity index (χ0) is 13.4. The molecule has 0 aromatic heterocycles. The molecule has 0 aromatic carbocycles. The Bertz CT molecular complexity index is 433. The lowest BCUT2D eigenvalue weighted by atomic mass is 9.84. The van der Waals surface area contributed by atoms with Crippen LogP contribution in [0, 0.1) is 5.92 Å². The minimum Gasteiger partial charge on any atom is -0.481 e. The predicted octanol–water partition coefficient (Wildman–Crippen LogP) is 0.797. The average molecular weight is 275 g/mol. The molecule has 0 amide bonds. The molecule has 1 heterocycles. The second kappa shape index (κ2) is 4.81. The maximum absolute atomic E-state index is 11.5. The van der Waals surface area contributed by atoms with Gasteiger partial charge in [0.15, 0.2) is 9.84 Å². The van der Waals surface area contributed by atoms with E-state index in [4.69, 9.17) is 5.11 Å². The van der Waals surface area contributed by atoms with Gasteiger partial charge in [0.25, 0.3) is 0 Å². The summed E-state index contributed by atoms with van der Waals surface area (Å²) >= 11 is 0. The van der Waals surface area contributed by atoms with E-state index < -0.39 is 15.8 Å². The van der Waals surface area contributed by atoms with Gasteiger partial charge in [0.1, 0.15) is 0 Å². The quantitative estimate of drug-likeness (QED) is 0.796. The van der Waals surface area contributed by atoms with Crippen LogP contribution in [0.1, 0.15) is 39.0 Å². The van der Waals surface area contributed by atoms with E-state index >= 15 is 0 Å². The molecule has 5 nitrogen and oxygen atoms in total. The van der Waals surface area contributed by atoms with Gasteiger partial charge in [-0.2, -0.15) is 0 Å². The number of rotatable bonds is 3. The zero-order valence-corrected chi connectivity index (χ0v) is 11.5. The fraction of sp³-hybridized carbons (Fsp3) is 0.917. The molecule has 0 spiro atoms. The minimum atomic E-state index is -2.91. The number of aliphatic carboxylic acids is 1. The SMILES string of the molecule is CC1(NC2CCCC(C(=O)O)C2)CCS(=O)(=O)C1. The average Bonchev–Trinajstić information content (AvgIpc) is 2.53. The molecule has 2 N–H and O–H groups in total. The summed E-state index contributed by atoms with van der Waals surface area (Å²) in [5.74, 6) is -0.594. The molecule has 104 valence electrons. The Morgan fingerprint density at radius 2 is 2.11 bits per heavy atom. The monoisotopic (exact) mass is 275 g/mol. The molecule has 1 saturated heterocycles. The zero-order valence-electron chi connectivity index (χ0n) is 10.7. The Labute approximate surface area is 108 Å². The molecule has 1 aliphatic heterocycles. The van der Waals surface area contributed by atoms with E-state index in [1.807, 2.05) is 6.92 Å². The van der Waals surface area contributed by atoms with E-state index in [2.05, 4.69) is 5.32 Å². The summed E-state index contributed by atoms with van der Waals surface area (Å²) in [5.41, 5.74) is -0.371. The molecule has 3 atom stereocenters. The van der Waals surface area contributed by atoms with Crippen molar-refractivity contribution in [3.05, 3.63) is 0 Å². The second-order valence-corrected chi connectivity index (χ2v) is 8.13. The van der Waals surface area contributed by atoms with E-state index in [1.165, 1.54) is 0 Å². The van der Waals surface area contributed by atoms with Crippen molar-refractivity contribution in [1.29, 1.82) is 0 Å². The van der Waals surface area contributed by atoms with E-state index in [-0.39, 0.29) is 29.0 Å². The Morgan fingerprint density at radius 3 is 2.67 bits per heavy atom. The van der Waals surface area contributed by atoms with Crippen LogP contribution in [0.25, 0.3) is 0 Å². The van der Waals surface area contributed by atoms with Gasteiger partial charge in [-0.3, -0.25) is 4.79 Å². The number of carbonyl (C=O) groups is 1. The lowest BCUT2D eigenvalue weighted by molar-refractivity contribution is -0.143.